The van der Waals surface area contributed by atoms with Crippen LogP contribution >= 0.6 is 0 Å². The molecule has 0 radical (unpaired) electrons. The highest BCUT2D eigenvalue weighted by Crippen LogP contribution is 2.42. The highest BCUT2D eigenvalue weighted by molar-refractivity contribution is 5.97. The van der Waals surface area contributed by atoms with Crippen LogP contribution in [0.4, 0.5) is 0 Å². The molecule has 1 N–H and O–H groups in total. The molecule has 0 spiro atoms. The van der Waals surface area contributed by atoms with Crippen LogP contribution in [0.2, 0.25) is 0 Å². The molecular weight excluding hydrogens is 659 g/mol. The number of benzene rings is 6. The zero-order valence-corrected chi connectivity index (χ0v) is 30.5. The first-order valence-corrected chi connectivity index (χ1v) is 17.6. The van der Waals surface area contributed by atoms with Gasteiger partial charge in [-0.1, -0.05) is 111 Å². The van der Waals surface area contributed by atoms with E-state index in [4.69, 9.17) is 21.4 Å². The van der Waals surface area contributed by atoms with E-state index in [9.17, 15) is 6.48 Å². The van der Waals surface area contributed by atoms with Crippen molar-refractivity contribution >= 4 is 11.0 Å². The minimum absolute atomic E-state index is 0.0271. The Labute approximate surface area is 336 Å². The van der Waals surface area contributed by atoms with E-state index in [2.05, 4.69) is 4.98 Å². The van der Waals surface area contributed by atoms with Gasteiger partial charge in [-0.05, 0) is 132 Å². The predicted octanol–water partition coefficient (Wildman–Crippen LogP) is 13.0. The maximum Gasteiger partial charge on any atom is 0.149 e. The Bertz CT molecular complexity index is 3280. The van der Waals surface area contributed by atoms with E-state index < -0.39 is 78.2 Å². The van der Waals surface area contributed by atoms with E-state index >= 15 is 0 Å². The minimum Gasteiger partial charge on any atom is -0.507 e. The van der Waals surface area contributed by atoms with E-state index in [1.54, 1.807) is 41.8 Å². The average Bonchev–Trinajstić information content (AvgIpc) is 3.65. The lowest BCUT2D eigenvalue weighted by atomic mass is 9.83. The van der Waals surface area contributed by atoms with E-state index in [-0.39, 0.29) is 22.8 Å². The van der Waals surface area contributed by atoms with Gasteiger partial charge in [0.2, 0.25) is 0 Å². The molecule has 0 bridgehead atoms. The number of hydrogen-bond acceptors (Lipinski definition) is 3. The monoisotopic (exact) mass is 716 g/mol. The van der Waals surface area contributed by atoms with Crippen molar-refractivity contribution in [2.24, 2.45) is 0 Å². The number of aryl methyl sites for hydroxylation is 3. The molecule has 0 saturated heterocycles. The van der Waals surface area contributed by atoms with Crippen LogP contribution < -0.4 is 0 Å². The number of nitrogens with zero attached hydrogens (tertiary/aromatic N) is 3. The predicted molar refractivity (Wildman–Crippen MR) is 225 cm³/mol. The van der Waals surface area contributed by atoms with Gasteiger partial charge in [0.1, 0.15) is 11.6 Å². The zero-order chi connectivity index (χ0) is 48.8. The maximum atomic E-state index is 11.7. The van der Waals surface area contributed by atoms with Crippen molar-refractivity contribution in [3.05, 3.63) is 167 Å². The van der Waals surface area contributed by atoms with Crippen molar-refractivity contribution in [2.45, 2.75) is 53.7 Å². The molecule has 4 nitrogen and oxygen atoms in total. The first-order valence-electron chi connectivity index (χ1n) is 24.1. The summed E-state index contributed by atoms with van der Waals surface area (Å²) in [6, 6.07) is 25.0. The van der Waals surface area contributed by atoms with Gasteiger partial charge < -0.3 is 5.11 Å². The third-order valence-corrected chi connectivity index (χ3v) is 9.57. The van der Waals surface area contributed by atoms with Gasteiger partial charge in [-0.3, -0.25) is 9.55 Å². The van der Waals surface area contributed by atoms with Crippen molar-refractivity contribution in [2.75, 3.05) is 0 Å². The van der Waals surface area contributed by atoms with Gasteiger partial charge >= 0.3 is 0 Å². The topological polar surface area (TPSA) is 50.9 Å². The Balaban J connectivity index is 1.43. The summed E-state index contributed by atoms with van der Waals surface area (Å²) >= 11 is 0. The highest BCUT2D eigenvalue weighted by atomic mass is 16.3. The Hall–Kier alpha value is -6.26. The lowest BCUT2D eigenvalue weighted by Gasteiger charge is -2.22. The zero-order valence-electron chi connectivity index (χ0n) is 43.5. The third kappa shape index (κ3) is 6.49. The van der Waals surface area contributed by atoms with Gasteiger partial charge in [0.05, 0.1) is 37.6 Å². The van der Waals surface area contributed by atoms with E-state index in [0.717, 1.165) is 16.7 Å². The number of pyridine rings is 1. The number of rotatable bonds is 6. The molecule has 8 aromatic rings. The van der Waals surface area contributed by atoms with Crippen LogP contribution in [0.5, 0.6) is 5.75 Å². The van der Waals surface area contributed by atoms with Crippen molar-refractivity contribution in [1.82, 2.24) is 14.5 Å². The minimum atomic E-state index is -2.98. The van der Waals surface area contributed by atoms with Crippen LogP contribution in [0.15, 0.2) is 139 Å². The fraction of sp³-hybridized carbons (Fsp3) is 0.160. The molecule has 0 amide bonds. The summed E-state index contributed by atoms with van der Waals surface area (Å²) in [5.41, 5.74) is 4.63. The van der Waals surface area contributed by atoms with Gasteiger partial charge in [0.15, 0.2) is 0 Å². The molecule has 2 aromatic heterocycles. The van der Waals surface area contributed by atoms with Gasteiger partial charge in [-0.15, -0.1) is 0 Å². The van der Waals surface area contributed by atoms with Gasteiger partial charge in [-0.2, -0.15) is 0 Å². The highest BCUT2D eigenvalue weighted by Gasteiger charge is 2.23. The maximum absolute atomic E-state index is 11.7. The lowest BCUT2D eigenvalue weighted by molar-refractivity contribution is 0.472. The molecule has 0 atom stereocenters. The van der Waals surface area contributed by atoms with Gasteiger partial charge in [0, 0.05) is 25.5 Å². The van der Waals surface area contributed by atoms with Gasteiger partial charge in [-0.25, -0.2) is 4.98 Å². The summed E-state index contributed by atoms with van der Waals surface area (Å²) in [4.78, 5) is 9.61. The van der Waals surface area contributed by atoms with Crippen LogP contribution in [0.3, 0.4) is 0 Å². The largest absolute Gasteiger partial charge is 0.507 e. The molecule has 0 fully saturated rings. The summed E-state index contributed by atoms with van der Waals surface area (Å²) in [5, 5.41) is 11.7. The number of para-hydroxylation sites is 1. The summed E-state index contributed by atoms with van der Waals surface area (Å²) in [6.07, 6.45) is -0.609. The quantitative estimate of drug-likeness (QED) is 0.186. The summed E-state index contributed by atoms with van der Waals surface area (Å²) in [6.45, 7) is 4.07. The number of aromatic hydroxyl groups is 1. The van der Waals surface area contributed by atoms with Crippen molar-refractivity contribution in [3.8, 4) is 67.5 Å². The smallest absolute Gasteiger partial charge is 0.149 e. The van der Waals surface area contributed by atoms with Crippen LogP contribution in [0.25, 0.3) is 72.7 Å². The Morgan fingerprint density at radius 2 is 1.44 bits per heavy atom. The van der Waals surface area contributed by atoms with Crippen LogP contribution in [0.1, 0.15) is 66.4 Å². The number of imidazole rings is 1. The second-order valence-corrected chi connectivity index (χ2v) is 14.5. The summed E-state index contributed by atoms with van der Waals surface area (Å²) in [5.74, 6) is 0.256. The molecule has 266 valence electrons. The molecular formula is C50H45N3O. The summed E-state index contributed by atoms with van der Waals surface area (Å²) < 4.78 is 113. The van der Waals surface area contributed by atoms with E-state index in [1.165, 1.54) is 0 Å². The molecule has 54 heavy (non-hydrogen) atoms. The molecule has 0 saturated carbocycles. The van der Waals surface area contributed by atoms with Crippen molar-refractivity contribution in [3.63, 3.8) is 0 Å². The number of phenols is 1. The first-order chi connectivity index (χ1) is 31.3. The SMILES string of the molecule is [2H]c1nc(-c2cc(-c3cccc4c3nc(-c3cc(C)cc(C)c3O)n4-c3ccc(-c4ccccc4)cc3C([2H])([2H])[2H])cc(C(C)(C)C)c2)c([2H])c(-c2c([2H])c([2H])c(C([2H])([2H])[2H])c([2H])c2[2H])c1[2H]. The normalized spacial score (nSPS) is 15.6. The van der Waals surface area contributed by atoms with Crippen LogP contribution in [-0.2, 0) is 5.41 Å². The third-order valence-electron chi connectivity index (χ3n) is 9.57. The second kappa shape index (κ2) is 13.6. The molecule has 0 aliphatic heterocycles. The number of phenolic OH excluding ortho intramolecular Hbond substituents is 1. The Morgan fingerprint density at radius 1 is 0.648 bits per heavy atom. The van der Waals surface area contributed by atoms with Crippen LogP contribution in [0, 0.1) is 27.6 Å². The fourth-order valence-corrected chi connectivity index (χ4v) is 6.80. The second-order valence-electron chi connectivity index (χ2n) is 14.5. The lowest BCUT2D eigenvalue weighted by Crippen LogP contribution is -2.11. The van der Waals surface area contributed by atoms with Crippen molar-refractivity contribution in [1.29, 1.82) is 0 Å². The molecule has 0 unspecified atom stereocenters. The molecule has 2 heterocycles. The standard InChI is InChI=1S/C50H45N3O/c1-31-16-18-36(19-17-31)38-22-23-51-44(30-38)40-27-39(28-41(29-40)50(5,6)7)42-14-11-15-46-47(42)52-49(43-25-32(2)24-34(4)48(43)54)53(46)45-21-20-37(26-33(45)3)35-12-9-8-10-13-35/h8-30,54H,1-7H3/i1D3,3D3,16D,17D,18D,19D,22D,23D,30D. The fourth-order valence-electron chi connectivity index (χ4n) is 6.80. The molecule has 0 aliphatic carbocycles. The van der Waals surface area contributed by atoms with Gasteiger partial charge in [0.25, 0.3) is 0 Å². The van der Waals surface area contributed by atoms with Crippen LogP contribution in [-0.4, -0.2) is 19.6 Å². The van der Waals surface area contributed by atoms with Crippen molar-refractivity contribution < 1.29 is 22.9 Å². The first kappa shape index (κ1) is 22.7. The number of hydrogen-bond donors (Lipinski definition) is 1. The molecule has 0 aliphatic rings. The number of fused-ring (bicyclic) bond motifs is 1. The summed E-state index contributed by atoms with van der Waals surface area (Å²) in [7, 11) is 0. The van der Waals surface area contributed by atoms with E-state index in [0.29, 0.717) is 50.1 Å². The van der Waals surface area contributed by atoms with E-state index in [1.807, 2.05) is 94.4 Å². The molecule has 4 heteroatoms. The molecule has 6 aromatic carbocycles. The Morgan fingerprint density at radius 3 is 2.20 bits per heavy atom. The Kier molecular flexibility index (Phi) is 5.73. The number of aromatic nitrogens is 3. The average molecular weight is 717 g/mol. The molecule has 8 rings (SSSR count).